The van der Waals surface area contributed by atoms with Gasteiger partial charge in [0.1, 0.15) is 4.90 Å². The first-order valence-corrected chi connectivity index (χ1v) is 8.47. The van der Waals surface area contributed by atoms with Crippen LogP contribution in [0.1, 0.15) is 32.6 Å². The summed E-state index contributed by atoms with van der Waals surface area (Å²) in [6, 6.07) is 4.82. The molecule has 20 heavy (non-hydrogen) atoms. The second kappa shape index (κ2) is 6.01. The van der Waals surface area contributed by atoms with Crippen molar-refractivity contribution in [1.82, 2.24) is 0 Å². The number of nitrogens with two attached hydrogens (primary N) is 1. The van der Waals surface area contributed by atoms with E-state index in [2.05, 4.69) is 11.8 Å². The quantitative estimate of drug-likeness (QED) is 0.644. The second-order valence-corrected chi connectivity index (χ2v) is 6.83. The van der Waals surface area contributed by atoms with Crippen LogP contribution in [0.15, 0.2) is 23.1 Å². The molecule has 3 N–H and O–H groups in total. The molecule has 0 spiro atoms. The van der Waals surface area contributed by atoms with Gasteiger partial charge >= 0.3 is 0 Å². The van der Waals surface area contributed by atoms with E-state index in [4.69, 9.17) is 5.73 Å². The Kier molecular flexibility index (Phi) is 4.55. The van der Waals surface area contributed by atoms with Gasteiger partial charge in [-0.05, 0) is 37.0 Å². The van der Waals surface area contributed by atoms with Crippen LogP contribution in [0, 0.1) is 5.92 Å². The monoisotopic (exact) mass is 298 g/mol. The molecule has 6 heteroatoms. The lowest BCUT2D eigenvalue weighted by atomic mass is 10.0. The number of unbranched alkanes of at least 4 members (excludes halogenated alkanes) is 1. The lowest BCUT2D eigenvalue weighted by Gasteiger charge is -2.19. The molecule has 5 nitrogen and oxygen atoms in total. The minimum absolute atomic E-state index is 0.0815. The minimum atomic E-state index is -4.26. The van der Waals surface area contributed by atoms with Gasteiger partial charge in [-0.25, -0.2) is 0 Å². The smallest absolute Gasteiger partial charge is 0.296 e. The molecule has 112 valence electrons. The fraction of sp³-hybridized carbons (Fsp3) is 0.571. The first kappa shape index (κ1) is 15.1. The summed E-state index contributed by atoms with van der Waals surface area (Å²) >= 11 is 0. The van der Waals surface area contributed by atoms with Gasteiger partial charge in [-0.2, -0.15) is 8.42 Å². The molecular formula is C14H22N2O3S. The van der Waals surface area contributed by atoms with E-state index in [-0.39, 0.29) is 10.6 Å². The van der Waals surface area contributed by atoms with Crippen LogP contribution in [0.2, 0.25) is 0 Å². The number of hydrogen-bond acceptors (Lipinski definition) is 4. The van der Waals surface area contributed by atoms with Crippen molar-refractivity contribution in [2.75, 3.05) is 23.7 Å². The highest BCUT2D eigenvalue weighted by Gasteiger charge is 2.24. The number of anilines is 2. The summed E-state index contributed by atoms with van der Waals surface area (Å²) in [5.41, 5.74) is 6.50. The van der Waals surface area contributed by atoms with E-state index in [1.54, 1.807) is 0 Å². The maximum atomic E-state index is 11.3. The lowest BCUT2D eigenvalue weighted by Crippen LogP contribution is -2.20. The van der Waals surface area contributed by atoms with Crippen LogP contribution in [-0.4, -0.2) is 26.1 Å². The molecule has 0 saturated carbocycles. The van der Waals surface area contributed by atoms with Gasteiger partial charge in [-0.1, -0.05) is 19.8 Å². The number of nitrogens with zero attached hydrogens (tertiary/aromatic N) is 1. The summed E-state index contributed by atoms with van der Waals surface area (Å²) in [4.78, 5) is 1.96. The van der Waals surface area contributed by atoms with E-state index >= 15 is 0 Å². The van der Waals surface area contributed by atoms with Crippen LogP contribution in [0.4, 0.5) is 11.4 Å². The van der Waals surface area contributed by atoms with Crippen molar-refractivity contribution in [2.45, 2.75) is 37.5 Å². The number of hydrogen-bond donors (Lipinski definition) is 2. The summed E-state index contributed by atoms with van der Waals surface area (Å²) in [6.07, 6.45) is 4.78. The van der Waals surface area contributed by atoms with Crippen molar-refractivity contribution in [3.8, 4) is 0 Å². The topological polar surface area (TPSA) is 83.6 Å². The van der Waals surface area contributed by atoms with Crippen LogP contribution >= 0.6 is 0 Å². The molecule has 0 bridgehead atoms. The Hall–Kier alpha value is -1.27. The maximum Gasteiger partial charge on any atom is 0.296 e. The predicted octanol–water partition coefficient (Wildman–Crippen LogP) is 2.53. The average molecular weight is 298 g/mol. The average Bonchev–Trinajstić information content (AvgIpc) is 2.84. The zero-order chi connectivity index (χ0) is 14.8. The molecule has 1 heterocycles. The van der Waals surface area contributed by atoms with Crippen molar-refractivity contribution in [3.05, 3.63) is 18.2 Å². The Morgan fingerprint density at radius 3 is 2.85 bits per heavy atom. The molecule has 0 amide bonds. The summed E-state index contributed by atoms with van der Waals surface area (Å²) < 4.78 is 31.7. The van der Waals surface area contributed by atoms with Crippen LogP contribution in [-0.2, 0) is 10.1 Å². The summed E-state index contributed by atoms with van der Waals surface area (Å²) in [5, 5.41) is 0. The molecule has 1 saturated heterocycles. The van der Waals surface area contributed by atoms with Crippen molar-refractivity contribution in [1.29, 1.82) is 0 Å². The van der Waals surface area contributed by atoms with Crippen molar-refractivity contribution in [2.24, 2.45) is 5.92 Å². The van der Waals surface area contributed by atoms with E-state index in [9.17, 15) is 13.0 Å². The Morgan fingerprint density at radius 1 is 1.45 bits per heavy atom. The van der Waals surface area contributed by atoms with E-state index in [0.29, 0.717) is 5.92 Å². The molecule has 1 atom stereocenters. The predicted molar refractivity (Wildman–Crippen MR) is 80.5 cm³/mol. The Bertz CT molecular complexity index is 572. The minimum Gasteiger partial charge on any atom is -0.398 e. The van der Waals surface area contributed by atoms with Crippen molar-refractivity contribution >= 4 is 21.5 Å². The maximum absolute atomic E-state index is 11.3. The van der Waals surface area contributed by atoms with Gasteiger partial charge in [-0.3, -0.25) is 4.55 Å². The molecule has 1 aromatic carbocycles. The SMILES string of the molecule is CCCCC1CCN(c2ccc(N)c(S(=O)(=O)O)c2)C1. The fourth-order valence-corrected chi connectivity index (χ4v) is 3.37. The number of benzene rings is 1. The molecular weight excluding hydrogens is 276 g/mol. The fourth-order valence-electron chi connectivity index (χ4n) is 2.74. The van der Waals surface area contributed by atoms with Crippen LogP contribution in [0.3, 0.4) is 0 Å². The Morgan fingerprint density at radius 2 is 2.20 bits per heavy atom. The van der Waals surface area contributed by atoms with Gasteiger partial charge in [0.2, 0.25) is 0 Å². The number of rotatable bonds is 5. The van der Waals surface area contributed by atoms with Crippen LogP contribution in [0.25, 0.3) is 0 Å². The highest BCUT2D eigenvalue weighted by Crippen LogP contribution is 2.30. The normalized spacial score (nSPS) is 19.5. The lowest BCUT2D eigenvalue weighted by molar-refractivity contribution is 0.483. The van der Waals surface area contributed by atoms with E-state index < -0.39 is 10.1 Å². The molecule has 0 aromatic heterocycles. The second-order valence-electron chi connectivity index (χ2n) is 5.44. The third-order valence-electron chi connectivity index (χ3n) is 3.89. The van der Waals surface area contributed by atoms with Crippen LogP contribution in [0.5, 0.6) is 0 Å². The van der Waals surface area contributed by atoms with Crippen molar-refractivity contribution in [3.63, 3.8) is 0 Å². The highest BCUT2D eigenvalue weighted by atomic mass is 32.2. The first-order valence-electron chi connectivity index (χ1n) is 7.03. The van der Waals surface area contributed by atoms with Gasteiger partial charge in [0.25, 0.3) is 10.1 Å². The standard InChI is InChI=1S/C14H22N2O3S/c1-2-3-4-11-7-8-16(10-11)12-5-6-13(15)14(9-12)20(17,18)19/h5-6,9,11H,2-4,7-8,10,15H2,1H3,(H,17,18,19). The summed E-state index contributed by atoms with van der Waals surface area (Å²) in [6.45, 7) is 4.04. The van der Waals surface area contributed by atoms with Gasteiger partial charge in [0.15, 0.2) is 0 Å². The van der Waals surface area contributed by atoms with Crippen molar-refractivity contribution < 1.29 is 13.0 Å². The molecule has 2 rings (SSSR count). The summed E-state index contributed by atoms with van der Waals surface area (Å²) in [7, 11) is -4.26. The zero-order valence-electron chi connectivity index (χ0n) is 11.7. The van der Waals surface area contributed by atoms with Gasteiger partial charge < -0.3 is 10.6 Å². The van der Waals surface area contributed by atoms with Crippen LogP contribution < -0.4 is 10.6 Å². The largest absolute Gasteiger partial charge is 0.398 e. The molecule has 0 aliphatic carbocycles. The molecule has 1 aromatic rings. The molecule has 0 radical (unpaired) electrons. The zero-order valence-corrected chi connectivity index (χ0v) is 12.6. The number of nitrogen functional groups attached to an aromatic ring is 1. The molecule has 1 unspecified atom stereocenters. The Labute approximate surface area is 120 Å². The van der Waals surface area contributed by atoms with E-state index in [0.717, 1.165) is 25.2 Å². The third-order valence-corrected chi connectivity index (χ3v) is 4.80. The first-order chi connectivity index (χ1) is 9.41. The van der Waals surface area contributed by atoms with Gasteiger partial charge in [-0.15, -0.1) is 0 Å². The molecule has 1 aliphatic heterocycles. The third kappa shape index (κ3) is 3.43. The summed E-state index contributed by atoms with van der Waals surface area (Å²) in [5.74, 6) is 0.668. The molecule has 1 aliphatic rings. The van der Waals surface area contributed by atoms with E-state index in [1.165, 1.54) is 31.4 Å². The van der Waals surface area contributed by atoms with E-state index in [1.807, 2.05) is 6.07 Å². The Balaban J connectivity index is 2.15. The highest BCUT2D eigenvalue weighted by molar-refractivity contribution is 7.86. The van der Waals surface area contributed by atoms with Gasteiger partial charge in [0, 0.05) is 18.8 Å². The molecule has 1 fully saturated rings. The van der Waals surface area contributed by atoms with Gasteiger partial charge in [0.05, 0.1) is 5.69 Å².